The second kappa shape index (κ2) is 12.6. The number of sulfonamides is 1. The summed E-state index contributed by atoms with van der Waals surface area (Å²) in [6, 6.07) is 7.51. The number of ether oxygens (including phenoxy) is 1. The van der Waals surface area contributed by atoms with Gasteiger partial charge in [-0.05, 0) is 75.5 Å². The van der Waals surface area contributed by atoms with Gasteiger partial charge in [-0.15, -0.1) is 0 Å². The van der Waals surface area contributed by atoms with E-state index in [-0.39, 0.29) is 12.3 Å². The van der Waals surface area contributed by atoms with Crippen molar-refractivity contribution in [2.75, 3.05) is 74.4 Å². The van der Waals surface area contributed by atoms with Gasteiger partial charge in [0.1, 0.15) is 6.54 Å². The number of rotatable bonds is 11. The van der Waals surface area contributed by atoms with Gasteiger partial charge < -0.3 is 15.0 Å². The molecular weight excluding hydrogens is 440 g/mol. The molecule has 1 aromatic carbocycles. The molecule has 33 heavy (non-hydrogen) atoms. The van der Waals surface area contributed by atoms with E-state index >= 15 is 0 Å². The predicted molar refractivity (Wildman–Crippen MR) is 133 cm³/mol. The molecule has 0 spiro atoms. The summed E-state index contributed by atoms with van der Waals surface area (Å²) in [6.07, 6.45) is 5.22. The Kier molecular flexibility index (Phi) is 9.82. The van der Waals surface area contributed by atoms with Crippen LogP contribution in [-0.4, -0.2) is 84.5 Å². The quantitative estimate of drug-likeness (QED) is 0.487. The SMILES string of the molecule is CCCCS(=O)(=O)N(CC(=O)OC)c1ccc(N2CCN(CCC3CCNCC3)CC2)cc1. The highest BCUT2D eigenvalue weighted by molar-refractivity contribution is 7.92. The Morgan fingerprint density at radius 2 is 1.79 bits per heavy atom. The van der Waals surface area contributed by atoms with E-state index in [1.54, 1.807) is 12.1 Å². The fraction of sp³-hybridized carbons (Fsp3) is 0.708. The maximum absolute atomic E-state index is 12.8. The van der Waals surface area contributed by atoms with Gasteiger partial charge in [-0.1, -0.05) is 13.3 Å². The van der Waals surface area contributed by atoms with E-state index in [2.05, 4.69) is 15.1 Å². The highest BCUT2D eigenvalue weighted by atomic mass is 32.2. The maximum atomic E-state index is 12.8. The molecule has 1 aromatic rings. The molecule has 0 aromatic heterocycles. The summed E-state index contributed by atoms with van der Waals surface area (Å²) in [6.45, 7) is 9.16. The summed E-state index contributed by atoms with van der Waals surface area (Å²) >= 11 is 0. The van der Waals surface area contributed by atoms with E-state index in [0.717, 1.165) is 57.3 Å². The summed E-state index contributed by atoms with van der Waals surface area (Å²) in [5.74, 6) is 0.305. The zero-order valence-corrected chi connectivity index (χ0v) is 21.0. The van der Waals surface area contributed by atoms with Crippen LogP contribution in [0.2, 0.25) is 0 Å². The van der Waals surface area contributed by atoms with Gasteiger partial charge >= 0.3 is 5.97 Å². The molecule has 0 atom stereocenters. The molecule has 2 fully saturated rings. The number of carbonyl (C=O) groups excluding carboxylic acids is 1. The topological polar surface area (TPSA) is 82.2 Å². The minimum Gasteiger partial charge on any atom is -0.468 e. The molecule has 1 N–H and O–H groups in total. The third kappa shape index (κ3) is 7.58. The minimum atomic E-state index is -3.60. The predicted octanol–water partition coefficient (Wildman–Crippen LogP) is 2.31. The average molecular weight is 481 g/mol. The van der Waals surface area contributed by atoms with Gasteiger partial charge in [0.05, 0.1) is 18.6 Å². The Balaban J connectivity index is 1.57. The Morgan fingerprint density at radius 3 is 2.39 bits per heavy atom. The molecule has 0 saturated carbocycles. The molecule has 2 aliphatic rings. The average Bonchev–Trinajstić information content (AvgIpc) is 2.85. The lowest BCUT2D eigenvalue weighted by molar-refractivity contribution is -0.138. The zero-order chi connectivity index (χ0) is 23.7. The van der Waals surface area contributed by atoms with Gasteiger partial charge in [-0.25, -0.2) is 8.42 Å². The molecule has 2 aliphatic heterocycles. The molecule has 2 heterocycles. The number of carbonyl (C=O) groups is 1. The standard InChI is InChI=1S/C24H40N4O4S/c1-3-4-19-33(30,31)28(20-24(29)32-2)23-7-5-22(6-8-23)27-17-15-26(16-18-27)14-11-21-9-12-25-13-10-21/h5-8,21,25H,3-4,9-20H2,1-2H3. The van der Waals surface area contributed by atoms with Gasteiger partial charge in [0, 0.05) is 31.9 Å². The Morgan fingerprint density at radius 1 is 1.12 bits per heavy atom. The summed E-state index contributed by atoms with van der Waals surface area (Å²) < 4.78 is 31.6. The summed E-state index contributed by atoms with van der Waals surface area (Å²) in [5, 5.41) is 3.44. The van der Waals surface area contributed by atoms with Crippen molar-refractivity contribution in [3.63, 3.8) is 0 Å². The van der Waals surface area contributed by atoms with Crippen molar-refractivity contribution in [2.45, 2.75) is 39.0 Å². The fourth-order valence-electron chi connectivity index (χ4n) is 4.56. The third-order valence-electron chi connectivity index (χ3n) is 6.78. The highest BCUT2D eigenvalue weighted by Crippen LogP contribution is 2.25. The number of nitrogens with one attached hydrogen (secondary N) is 1. The van der Waals surface area contributed by atoms with Crippen LogP contribution in [0.5, 0.6) is 0 Å². The molecule has 8 nitrogen and oxygen atoms in total. The van der Waals surface area contributed by atoms with E-state index < -0.39 is 16.0 Å². The Bertz CT molecular complexity index is 833. The number of esters is 1. The lowest BCUT2D eigenvalue weighted by atomic mass is 9.94. The van der Waals surface area contributed by atoms with Crippen LogP contribution in [0.3, 0.4) is 0 Å². The molecule has 2 saturated heterocycles. The fourth-order valence-corrected chi connectivity index (χ4v) is 6.18. The highest BCUT2D eigenvalue weighted by Gasteiger charge is 2.26. The van der Waals surface area contributed by atoms with E-state index in [1.165, 1.54) is 37.2 Å². The van der Waals surface area contributed by atoms with Gasteiger partial charge in [0.25, 0.3) is 0 Å². The van der Waals surface area contributed by atoms with E-state index in [0.29, 0.717) is 12.1 Å². The summed E-state index contributed by atoms with van der Waals surface area (Å²) in [5.41, 5.74) is 1.58. The number of hydrogen-bond acceptors (Lipinski definition) is 7. The number of piperazine rings is 1. The molecule has 186 valence electrons. The van der Waals surface area contributed by atoms with Crippen LogP contribution in [0.15, 0.2) is 24.3 Å². The van der Waals surface area contributed by atoms with Crippen molar-refractivity contribution in [1.82, 2.24) is 10.2 Å². The van der Waals surface area contributed by atoms with Gasteiger partial charge in [-0.3, -0.25) is 14.0 Å². The normalized spacial score (nSPS) is 18.3. The van der Waals surface area contributed by atoms with Crippen LogP contribution >= 0.6 is 0 Å². The van der Waals surface area contributed by atoms with Crippen LogP contribution in [0.4, 0.5) is 11.4 Å². The maximum Gasteiger partial charge on any atom is 0.326 e. The molecule has 0 bridgehead atoms. The van der Waals surface area contributed by atoms with Crippen LogP contribution in [-0.2, 0) is 19.6 Å². The van der Waals surface area contributed by atoms with Gasteiger partial charge in [0.15, 0.2) is 0 Å². The molecule has 9 heteroatoms. The van der Waals surface area contributed by atoms with E-state index in [9.17, 15) is 13.2 Å². The molecule has 0 amide bonds. The first-order valence-corrected chi connectivity index (χ1v) is 13.9. The first-order chi connectivity index (χ1) is 15.9. The Hall–Kier alpha value is -1.84. The van der Waals surface area contributed by atoms with Crippen LogP contribution in [0.25, 0.3) is 0 Å². The molecule has 3 rings (SSSR count). The molecule has 0 unspecified atom stereocenters. The largest absolute Gasteiger partial charge is 0.468 e. The molecular formula is C24H40N4O4S. The monoisotopic (exact) mass is 480 g/mol. The Labute approximate surface area is 199 Å². The number of nitrogens with zero attached hydrogens (tertiary/aromatic N) is 3. The summed E-state index contributed by atoms with van der Waals surface area (Å²) in [7, 11) is -2.32. The number of piperidine rings is 1. The minimum absolute atomic E-state index is 0.0155. The van der Waals surface area contributed by atoms with Crippen molar-refractivity contribution in [1.29, 1.82) is 0 Å². The number of anilines is 2. The van der Waals surface area contributed by atoms with E-state index in [4.69, 9.17) is 4.74 Å². The van der Waals surface area contributed by atoms with Crippen molar-refractivity contribution in [3.05, 3.63) is 24.3 Å². The van der Waals surface area contributed by atoms with Crippen LogP contribution in [0.1, 0.15) is 39.0 Å². The second-order valence-corrected chi connectivity index (χ2v) is 11.1. The zero-order valence-electron chi connectivity index (χ0n) is 20.2. The lowest BCUT2D eigenvalue weighted by Crippen LogP contribution is -2.47. The van der Waals surface area contributed by atoms with Crippen molar-refractivity contribution >= 4 is 27.4 Å². The smallest absolute Gasteiger partial charge is 0.326 e. The third-order valence-corrected chi connectivity index (χ3v) is 8.60. The molecule has 0 aliphatic carbocycles. The van der Waals surface area contributed by atoms with Gasteiger partial charge in [-0.2, -0.15) is 0 Å². The number of benzene rings is 1. The lowest BCUT2D eigenvalue weighted by Gasteiger charge is -2.37. The van der Waals surface area contributed by atoms with Crippen molar-refractivity contribution in [3.8, 4) is 0 Å². The number of hydrogen-bond donors (Lipinski definition) is 1. The van der Waals surface area contributed by atoms with Crippen LogP contribution in [0, 0.1) is 5.92 Å². The number of unbranched alkanes of at least 4 members (excludes halogenated alkanes) is 1. The first-order valence-electron chi connectivity index (χ1n) is 12.3. The first kappa shape index (κ1) is 25.8. The van der Waals surface area contributed by atoms with Crippen LogP contribution < -0.4 is 14.5 Å². The van der Waals surface area contributed by atoms with Crippen molar-refractivity contribution < 1.29 is 17.9 Å². The van der Waals surface area contributed by atoms with Gasteiger partial charge in [0.2, 0.25) is 10.0 Å². The van der Waals surface area contributed by atoms with E-state index in [1.807, 2.05) is 19.1 Å². The van der Waals surface area contributed by atoms with Crippen molar-refractivity contribution in [2.24, 2.45) is 5.92 Å². The second-order valence-electron chi connectivity index (χ2n) is 9.08. The number of methoxy groups -OCH3 is 1. The molecule has 0 radical (unpaired) electrons. The summed E-state index contributed by atoms with van der Waals surface area (Å²) in [4.78, 5) is 16.8.